The third-order valence-corrected chi connectivity index (χ3v) is 4.59. The summed E-state index contributed by atoms with van der Waals surface area (Å²) < 4.78 is 0.922. The second-order valence-corrected chi connectivity index (χ2v) is 6.50. The highest BCUT2D eigenvalue weighted by Crippen LogP contribution is 2.30. The van der Waals surface area contributed by atoms with E-state index in [0.29, 0.717) is 5.69 Å². The Morgan fingerprint density at radius 3 is 2.32 bits per heavy atom. The van der Waals surface area contributed by atoms with Crippen LogP contribution in [0.3, 0.4) is 0 Å². The van der Waals surface area contributed by atoms with Gasteiger partial charge in [-0.2, -0.15) is 0 Å². The Morgan fingerprint density at radius 1 is 1.09 bits per heavy atom. The summed E-state index contributed by atoms with van der Waals surface area (Å²) in [6.07, 6.45) is 0. The van der Waals surface area contributed by atoms with Crippen LogP contribution in [0.5, 0.6) is 0 Å². The molecule has 2 N–H and O–H groups in total. The second kappa shape index (κ2) is 8.00. The summed E-state index contributed by atoms with van der Waals surface area (Å²) >= 11 is 4.43. The fraction of sp³-hybridized carbons (Fsp3) is 0.125. The maximum absolute atomic E-state index is 12.5. The zero-order chi connectivity index (χ0) is 15.9. The van der Waals surface area contributed by atoms with Crippen LogP contribution in [0.15, 0.2) is 59.1 Å². The average molecular weight is 380 g/mol. The molecule has 0 aliphatic rings. The van der Waals surface area contributed by atoms with E-state index in [1.165, 1.54) is 0 Å². The highest BCUT2D eigenvalue weighted by molar-refractivity contribution is 9.10. The number of nitrogens with one attached hydrogen (secondary N) is 1. The minimum absolute atomic E-state index is 0.132. The summed E-state index contributed by atoms with van der Waals surface area (Å²) in [7, 11) is 0. The normalized spacial score (nSPS) is 11.7. The Hall–Kier alpha value is -1.79. The minimum atomic E-state index is -0.942. The number of anilines is 1. The van der Waals surface area contributed by atoms with Crippen molar-refractivity contribution in [2.75, 3.05) is 11.1 Å². The van der Waals surface area contributed by atoms with Crippen molar-refractivity contribution in [3.05, 3.63) is 64.6 Å². The van der Waals surface area contributed by atoms with E-state index < -0.39 is 11.2 Å². The maximum atomic E-state index is 12.5. The molecule has 0 saturated heterocycles. The van der Waals surface area contributed by atoms with Crippen molar-refractivity contribution >= 4 is 45.3 Å². The Labute approximate surface area is 141 Å². The van der Waals surface area contributed by atoms with Crippen LogP contribution < -0.4 is 5.32 Å². The van der Waals surface area contributed by atoms with Gasteiger partial charge in [0, 0.05) is 10.2 Å². The third-order valence-electron chi connectivity index (χ3n) is 2.83. The summed E-state index contributed by atoms with van der Waals surface area (Å²) in [6.45, 7) is 0. The molecule has 1 atom stereocenters. The number of hydrogen-bond donors (Lipinski definition) is 2. The fourth-order valence-corrected chi connectivity index (χ4v) is 2.98. The van der Waals surface area contributed by atoms with Crippen molar-refractivity contribution < 1.29 is 14.7 Å². The Morgan fingerprint density at radius 2 is 1.73 bits per heavy atom. The molecule has 0 radical (unpaired) electrons. The van der Waals surface area contributed by atoms with Gasteiger partial charge in [0.25, 0.3) is 0 Å². The van der Waals surface area contributed by atoms with Gasteiger partial charge in [0.15, 0.2) is 0 Å². The zero-order valence-electron chi connectivity index (χ0n) is 11.5. The number of carbonyl (C=O) groups excluding carboxylic acids is 1. The van der Waals surface area contributed by atoms with Crippen LogP contribution in [-0.4, -0.2) is 22.7 Å². The van der Waals surface area contributed by atoms with E-state index in [2.05, 4.69) is 21.2 Å². The lowest BCUT2D eigenvalue weighted by molar-refractivity contribution is -0.133. The molecule has 0 heterocycles. The average Bonchev–Trinajstić information content (AvgIpc) is 2.50. The minimum Gasteiger partial charge on any atom is -0.481 e. The van der Waals surface area contributed by atoms with Crippen molar-refractivity contribution in [3.63, 3.8) is 0 Å². The highest BCUT2D eigenvalue weighted by atomic mass is 79.9. The lowest BCUT2D eigenvalue weighted by Gasteiger charge is -2.16. The van der Waals surface area contributed by atoms with Crippen molar-refractivity contribution in [2.24, 2.45) is 0 Å². The van der Waals surface area contributed by atoms with E-state index >= 15 is 0 Å². The first-order valence-electron chi connectivity index (χ1n) is 6.51. The predicted octanol–water partition coefficient (Wildman–Crippen LogP) is 3.95. The number of aliphatic carboxylic acids is 1. The molecule has 2 rings (SSSR count). The van der Waals surface area contributed by atoms with Gasteiger partial charge in [0.05, 0.1) is 5.75 Å². The molecule has 0 bridgehead atoms. The maximum Gasteiger partial charge on any atom is 0.313 e. The van der Waals surface area contributed by atoms with Crippen molar-refractivity contribution in [1.29, 1.82) is 0 Å². The van der Waals surface area contributed by atoms with E-state index in [-0.39, 0.29) is 11.7 Å². The lowest BCUT2D eigenvalue weighted by atomic mass is 10.1. The molecule has 2 aromatic carbocycles. The molecular weight excluding hydrogens is 366 g/mol. The molecule has 4 nitrogen and oxygen atoms in total. The molecule has 114 valence electrons. The Balaban J connectivity index is 2.14. The number of rotatable bonds is 6. The lowest BCUT2D eigenvalue weighted by Crippen LogP contribution is -2.20. The van der Waals surface area contributed by atoms with Gasteiger partial charge < -0.3 is 10.4 Å². The topological polar surface area (TPSA) is 66.4 Å². The van der Waals surface area contributed by atoms with E-state index in [1.807, 2.05) is 42.5 Å². The van der Waals surface area contributed by atoms with Gasteiger partial charge >= 0.3 is 5.97 Å². The number of halogens is 1. The SMILES string of the molecule is O=C(O)CSC(C(=O)Nc1ccc(Br)cc1)c1ccccc1. The number of amides is 1. The smallest absolute Gasteiger partial charge is 0.313 e. The number of thioether (sulfide) groups is 1. The summed E-state index contributed by atoms with van der Waals surface area (Å²) in [6, 6.07) is 16.4. The molecule has 0 fully saturated rings. The van der Waals surface area contributed by atoms with Crippen LogP contribution in [-0.2, 0) is 9.59 Å². The summed E-state index contributed by atoms with van der Waals surface area (Å²) in [5.41, 5.74) is 1.45. The first kappa shape index (κ1) is 16.6. The molecule has 0 aliphatic carbocycles. The van der Waals surface area contributed by atoms with Crippen LogP contribution in [0.25, 0.3) is 0 Å². The predicted molar refractivity (Wildman–Crippen MR) is 92.0 cm³/mol. The Kier molecular flexibility index (Phi) is 6.03. The van der Waals surface area contributed by atoms with Gasteiger partial charge in [-0.25, -0.2) is 0 Å². The van der Waals surface area contributed by atoms with Crippen LogP contribution in [0.2, 0.25) is 0 Å². The largest absolute Gasteiger partial charge is 0.481 e. The first-order valence-corrected chi connectivity index (χ1v) is 8.35. The van der Waals surface area contributed by atoms with E-state index in [1.54, 1.807) is 12.1 Å². The molecule has 0 spiro atoms. The molecular formula is C16H14BrNO3S. The van der Waals surface area contributed by atoms with Crippen molar-refractivity contribution in [2.45, 2.75) is 5.25 Å². The molecule has 22 heavy (non-hydrogen) atoms. The number of benzene rings is 2. The zero-order valence-corrected chi connectivity index (χ0v) is 13.9. The van der Waals surface area contributed by atoms with Gasteiger partial charge in [-0.1, -0.05) is 46.3 Å². The molecule has 6 heteroatoms. The van der Waals surface area contributed by atoms with Gasteiger partial charge in [-0.15, -0.1) is 11.8 Å². The summed E-state index contributed by atoms with van der Waals surface area (Å²) in [4.78, 5) is 23.3. The number of carbonyl (C=O) groups is 2. The summed E-state index contributed by atoms with van der Waals surface area (Å²) in [5, 5.41) is 11.1. The number of carboxylic acid groups (broad SMARTS) is 1. The molecule has 1 unspecified atom stereocenters. The third kappa shape index (κ3) is 4.89. The first-order chi connectivity index (χ1) is 10.6. The highest BCUT2D eigenvalue weighted by Gasteiger charge is 2.22. The number of hydrogen-bond acceptors (Lipinski definition) is 3. The second-order valence-electron chi connectivity index (χ2n) is 4.49. The van der Waals surface area contributed by atoms with Crippen LogP contribution in [0.4, 0.5) is 5.69 Å². The quantitative estimate of drug-likeness (QED) is 0.797. The molecule has 0 aliphatic heterocycles. The number of carboxylic acids is 1. The van der Waals surface area contributed by atoms with Crippen molar-refractivity contribution in [3.8, 4) is 0 Å². The molecule has 1 amide bonds. The summed E-state index contributed by atoms with van der Waals surface area (Å²) in [5.74, 6) is -1.31. The van der Waals surface area contributed by atoms with Gasteiger partial charge in [0.1, 0.15) is 5.25 Å². The molecule has 2 aromatic rings. The standard InChI is InChI=1S/C16H14BrNO3S/c17-12-6-8-13(9-7-12)18-16(21)15(22-10-14(19)20)11-4-2-1-3-5-11/h1-9,15H,10H2,(H,18,21)(H,19,20). The fourth-order valence-electron chi connectivity index (χ4n) is 1.85. The van der Waals surface area contributed by atoms with Gasteiger partial charge in [-0.3, -0.25) is 9.59 Å². The molecule has 0 saturated carbocycles. The monoisotopic (exact) mass is 379 g/mol. The molecule has 0 aromatic heterocycles. The van der Waals surface area contributed by atoms with Gasteiger partial charge in [-0.05, 0) is 29.8 Å². The van der Waals surface area contributed by atoms with Crippen LogP contribution >= 0.6 is 27.7 Å². The van der Waals surface area contributed by atoms with E-state index in [4.69, 9.17) is 5.11 Å². The van der Waals surface area contributed by atoms with Crippen molar-refractivity contribution in [1.82, 2.24) is 0 Å². The van der Waals surface area contributed by atoms with Crippen LogP contribution in [0.1, 0.15) is 10.8 Å². The van der Waals surface area contributed by atoms with E-state index in [9.17, 15) is 9.59 Å². The van der Waals surface area contributed by atoms with Gasteiger partial charge in [0.2, 0.25) is 5.91 Å². The Bertz CT molecular complexity index is 646. The van der Waals surface area contributed by atoms with E-state index in [0.717, 1.165) is 21.8 Å². The van der Waals surface area contributed by atoms with Crippen LogP contribution in [0, 0.1) is 0 Å².